The number of carbonyl (C=O) groups excluding carboxylic acids is 1. The number of ether oxygens (including phenoxy) is 1. The first-order chi connectivity index (χ1) is 4.98. The minimum absolute atomic E-state index is 0.0880. The molecule has 0 aliphatic heterocycles. The van der Waals surface area contributed by atoms with Crippen molar-refractivity contribution < 1.29 is 9.53 Å². The lowest BCUT2D eigenvalue weighted by Gasteiger charge is -2.15. The van der Waals surface area contributed by atoms with Gasteiger partial charge in [0.05, 0.1) is 6.61 Å². The summed E-state index contributed by atoms with van der Waals surface area (Å²) in [6.45, 7) is 1.37. The molecule has 0 aliphatic carbocycles. The Hall–Kier alpha value is -1.01. The van der Waals surface area contributed by atoms with Crippen LogP contribution in [0, 0.1) is 5.53 Å². The molecule has 0 radical (unpaired) electrons. The van der Waals surface area contributed by atoms with E-state index in [4.69, 9.17) is 17.0 Å². The van der Waals surface area contributed by atoms with Crippen molar-refractivity contribution >= 4 is 5.97 Å². The van der Waals surface area contributed by atoms with Crippen LogP contribution in [-0.2, 0) is 9.53 Å². The molecule has 0 fully saturated rings. The fourth-order valence-corrected chi connectivity index (χ4v) is 0.414. The maximum atomic E-state index is 10.2. The zero-order valence-corrected chi connectivity index (χ0v) is 6.33. The van der Waals surface area contributed by atoms with E-state index in [0.717, 1.165) is 0 Å². The Morgan fingerprint density at radius 3 is 2.64 bits per heavy atom. The molecule has 0 unspecified atom stereocenters. The summed E-state index contributed by atoms with van der Waals surface area (Å²) in [6, 6.07) is 0. The number of nitrogens with zero attached hydrogens (tertiary/aromatic N) is 1. The van der Waals surface area contributed by atoms with E-state index in [2.05, 4.69) is 9.85 Å². The van der Waals surface area contributed by atoms with Gasteiger partial charge >= 0.3 is 5.97 Å². The molecule has 5 N–H and O–H groups in total. The van der Waals surface area contributed by atoms with Gasteiger partial charge in [-0.25, -0.2) is 5.53 Å². The maximum absolute atomic E-state index is 10.2. The van der Waals surface area contributed by atoms with E-state index in [0.29, 0.717) is 0 Å². The molecule has 6 nitrogen and oxygen atoms in total. The molecule has 0 spiro atoms. The highest BCUT2D eigenvalue weighted by Gasteiger charge is 2.16. The summed E-state index contributed by atoms with van der Waals surface area (Å²) in [5.41, 5.74) is 17.0. The number of carbonyl (C=O) groups is 1. The van der Waals surface area contributed by atoms with Crippen molar-refractivity contribution in [3.63, 3.8) is 0 Å². The SMILES string of the molecule is CC(=O)OCCC(N)(N)N=N. The van der Waals surface area contributed by atoms with Crippen LogP contribution < -0.4 is 11.5 Å². The third-order valence-corrected chi connectivity index (χ3v) is 1.02. The Morgan fingerprint density at radius 2 is 2.27 bits per heavy atom. The minimum Gasteiger partial charge on any atom is -0.466 e. The van der Waals surface area contributed by atoms with Crippen LogP contribution in [0.3, 0.4) is 0 Å². The number of nitrogens with two attached hydrogens (primary N) is 2. The zero-order chi connectivity index (χ0) is 8.91. The van der Waals surface area contributed by atoms with Crippen LogP contribution in [0.4, 0.5) is 0 Å². The maximum Gasteiger partial charge on any atom is 0.302 e. The van der Waals surface area contributed by atoms with Crippen molar-refractivity contribution in [1.82, 2.24) is 0 Å². The summed E-state index contributed by atoms with van der Waals surface area (Å²) in [7, 11) is 0. The standard InChI is InChI=1S/C5H12N4O2/c1-4(10)11-3-2-5(6,7)9-8/h8H,2-3,6-7H2,1H3. The van der Waals surface area contributed by atoms with Crippen LogP contribution in [0.5, 0.6) is 0 Å². The van der Waals surface area contributed by atoms with Gasteiger partial charge < -0.3 is 4.74 Å². The molecule has 0 aromatic carbocycles. The number of rotatable bonds is 4. The van der Waals surface area contributed by atoms with Crippen LogP contribution >= 0.6 is 0 Å². The van der Waals surface area contributed by atoms with Crippen molar-refractivity contribution in [2.75, 3.05) is 6.61 Å². The summed E-state index contributed by atoms with van der Waals surface area (Å²) < 4.78 is 4.54. The van der Waals surface area contributed by atoms with Crippen LogP contribution in [-0.4, -0.2) is 18.4 Å². The number of nitrogens with one attached hydrogen (secondary N) is 1. The highest BCUT2D eigenvalue weighted by molar-refractivity contribution is 5.65. The third kappa shape index (κ3) is 5.43. The van der Waals surface area contributed by atoms with Gasteiger partial charge in [-0.05, 0) is 0 Å². The number of esters is 1. The Balaban J connectivity index is 3.53. The Kier molecular flexibility index (Phi) is 3.63. The van der Waals surface area contributed by atoms with Gasteiger partial charge in [0.15, 0.2) is 5.79 Å². The van der Waals surface area contributed by atoms with Crippen molar-refractivity contribution in [3.8, 4) is 0 Å². The molecule has 0 rings (SSSR count). The monoisotopic (exact) mass is 160 g/mol. The fraction of sp³-hybridized carbons (Fsp3) is 0.800. The largest absolute Gasteiger partial charge is 0.466 e. The second-order valence-corrected chi connectivity index (χ2v) is 2.19. The number of hydrogen-bond donors (Lipinski definition) is 3. The molecule has 0 aliphatic rings. The topological polar surface area (TPSA) is 115 Å². The molecule has 0 aromatic rings. The summed E-state index contributed by atoms with van der Waals surface area (Å²) in [4.78, 5) is 10.2. The lowest BCUT2D eigenvalue weighted by atomic mass is 10.3. The quantitative estimate of drug-likeness (QED) is 0.293. The molecule has 0 heterocycles. The van der Waals surface area contributed by atoms with E-state index < -0.39 is 11.8 Å². The smallest absolute Gasteiger partial charge is 0.302 e. The molecule has 0 atom stereocenters. The molecular formula is C5H12N4O2. The summed E-state index contributed by atoms with van der Waals surface area (Å²) in [5, 5.41) is 2.93. The van der Waals surface area contributed by atoms with Crippen LogP contribution in [0.25, 0.3) is 0 Å². The van der Waals surface area contributed by atoms with Crippen molar-refractivity contribution in [1.29, 1.82) is 5.53 Å². The van der Waals surface area contributed by atoms with E-state index in [1.54, 1.807) is 0 Å². The molecule has 6 heteroatoms. The molecule has 0 bridgehead atoms. The normalized spacial score (nSPS) is 10.8. The van der Waals surface area contributed by atoms with Gasteiger partial charge in [0, 0.05) is 13.3 Å². The second-order valence-electron chi connectivity index (χ2n) is 2.19. The van der Waals surface area contributed by atoms with E-state index in [1.165, 1.54) is 6.92 Å². The molecule has 0 amide bonds. The van der Waals surface area contributed by atoms with Crippen molar-refractivity contribution in [2.45, 2.75) is 19.1 Å². The van der Waals surface area contributed by atoms with Crippen molar-refractivity contribution in [2.24, 2.45) is 16.6 Å². The Morgan fingerprint density at radius 1 is 1.73 bits per heavy atom. The molecular weight excluding hydrogens is 148 g/mol. The molecule has 0 saturated heterocycles. The van der Waals surface area contributed by atoms with Crippen LogP contribution in [0.1, 0.15) is 13.3 Å². The number of hydrogen-bond acceptors (Lipinski definition) is 6. The zero-order valence-electron chi connectivity index (χ0n) is 6.33. The highest BCUT2D eigenvalue weighted by atomic mass is 16.5. The van der Waals surface area contributed by atoms with Gasteiger partial charge in [-0.3, -0.25) is 16.3 Å². The first-order valence-corrected chi connectivity index (χ1v) is 3.08. The Labute approximate surface area is 64.4 Å². The first kappa shape index (κ1) is 9.99. The average Bonchev–Trinajstić information content (AvgIpc) is 1.87. The van der Waals surface area contributed by atoms with Gasteiger partial charge in [-0.2, -0.15) is 5.11 Å². The van der Waals surface area contributed by atoms with Crippen LogP contribution in [0.2, 0.25) is 0 Å². The molecule has 64 valence electrons. The van der Waals surface area contributed by atoms with Crippen LogP contribution in [0.15, 0.2) is 5.11 Å². The lowest BCUT2D eigenvalue weighted by molar-refractivity contribution is -0.141. The second kappa shape index (κ2) is 3.99. The minimum atomic E-state index is -1.41. The van der Waals surface area contributed by atoms with Crippen molar-refractivity contribution in [3.05, 3.63) is 0 Å². The summed E-state index contributed by atoms with van der Waals surface area (Å²) >= 11 is 0. The fourth-order valence-electron chi connectivity index (χ4n) is 0.414. The molecule has 0 aromatic heterocycles. The first-order valence-electron chi connectivity index (χ1n) is 3.08. The van der Waals surface area contributed by atoms with Gasteiger partial charge in [0.2, 0.25) is 0 Å². The van der Waals surface area contributed by atoms with E-state index in [1.807, 2.05) is 0 Å². The van der Waals surface area contributed by atoms with E-state index >= 15 is 0 Å². The predicted molar refractivity (Wildman–Crippen MR) is 37.5 cm³/mol. The van der Waals surface area contributed by atoms with E-state index in [9.17, 15) is 4.79 Å². The third-order valence-electron chi connectivity index (χ3n) is 1.02. The predicted octanol–water partition coefficient (Wildman–Crippen LogP) is -0.458. The summed E-state index contributed by atoms with van der Waals surface area (Å²) in [6.07, 6.45) is 0.149. The van der Waals surface area contributed by atoms with Gasteiger partial charge in [-0.1, -0.05) is 0 Å². The van der Waals surface area contributed by atoms with Gasteiger partial charge in [0.25, 0.3) is 0 Å². The summed E-state index contributed by atoms with van der Waals surface area (Å²) in [5.74, 6) is -1.80. The average molecular weight is 160 g/mol. The molecule has 11 heavy (non-hydrogen) atoms. The Bertz CT molecular complexity index is 157. The van der Waals surface area contributed by atoms with Gasteiger partial charge in [-0.15, -0.1) is 0 Å². The lowest BCUT2D eigenvalue weighted by Crippen LogP contribution is -2.47. The highest BCUT2D eigenvalue weighted by Crippen LogP contribution is 1.99. The van der Waals surface area contributed by atoms with Gasteiger partial charge in [0.1, 0.15) is 0 Å². The molecule has 0 saturated carbocycles. The van der Waals surface area contributed by atoms with E-state index in [-0.39, 0.29) is 13.0 Å².